The minimum absolute atomic E-state index is 0.00445. The van der Waals surface area contributed by atoms with E-state index in [1.54, 1.807) is 0 Å². The molecule has 0 aliphatic carbocycles. The summed E-state index contributed by atoms with van der Waals surface area (Å²) in [6.45, 7) is -0.475. The number of amides is 1. The van der Waals surface area contributed by atoms with Crippen molar-refractivity contribution in [1.82, 2.24) is 9.88 Å². The van der Waals surface area contributed by atoms with Crippen LogP contribution in [0.15, 0.2) is 18.3 Å². The van der Waals surface area contributed by atoms with Crippen molar-refractivity contribution in [2.45, 2.75) is 12.5 Å². The molecule has 2 heterocycles. The molecule has 0 radical (unpaired) electrons. The van der Waals surface area contributed by atoms with Crippen LogP contribution in [0.5, 0.6) is 0 Å². The third-order valence-electron chi connectivity index (χ3n) is 3.46. The van der Waals surface area contributed by atoms with E-state index in [2.05, 4.69) is 4.98 Å². The smallest absolute Gasteiger partial charge is 0.341 e. The van der Waals surface area contributed by atoms with Crippen LogP contribution in [0.4, 0.5) is 0 Å². The lowest BCUT2D eigenvalue weighted by molar-refractivity contribution is -0.134. The fraction of sp³-hybridized carbons (Fsp3) is 0.462. The van der Waals surface area contributed by atoms with Crippen molar-refractivity contribution in [2.24, 2.45) is 0 Å². The van der Waals surface area contributed by atoms with Gasteiger partial charge in [-0.05, 0) is 18.6 Å². The number of sulfone groups is 1. The number of pyridine rings is 1. The standard InChI is InChI=1S/C13H15ClN2O5S/c1-16(9-4-6-22(19,20)8-9)11(17)7-21-13(18)10-3-2-5-15-12(10)14/h2-3,5,9H,4,6-8H2,1H3. The van der Waals surface area contributed by atoms with Crippen molar-refractivity contribution >= 4 is 33.3 Å². The van der Waals surface area contributed by atoms with Crippen LogP contribution in [-0.2, 0) is 19.4 Å². The highest BCUT2D eigenvalue weighted by molar-refractivity contribution is 7.91. The largest absolute Gasteiger partial charge is 0.452 e. The number of rotatable bonds is 4. The molecule has 0 N–H and O–H groups in total. The quantitative estimate of drug-likeness (QED) is 0.583. The average Bonchev–Trinajstić information content (AvgIpc) is 2.84. The maximum atomic E-state index is 12.0. The van der Waals surface area contributed by atoms with Crippen molar-refractivity contribution in [3.05, 3.63) is 29.0 Å². The number of halogens is 1. The predicted molar refractivity (Wildman–Crippen MR) is 79.4 cm³/mol. The normalized spacial score (nSPS) is 19.6. The van der Waals surface area contributed by atoms with Gasteiger partial charge in [0.25, 0.3) is 5.91 Å². The predicted octanol–water partition coefficient (Wildman–Crippen LogP) is 0.537. The topological polar surface area (TPSA) is 93.6 Å². The van der Waals surface area contributed by atoms with E-state index in [1.165, 1.54) is 30.3 Å². The molecule has 22 heavy (non-hydrogen) atoms. The van der Waals surface area contributed by atoms with E-state index in [-0.39, 0.29) is 28.3 Å². The Morgan fingerprint density at radius 2 is 2.23 bits per heavy atom. The highest BCUT2D eigenvalue weighted by atomic mass is 35.5. The zero-order valence-corrected chi connectivity index (χ0v) is 13.4. The minimum Gasteiger partial charge on any atom is -0.452 e. The second-order valence-electron chi connectivity index (χ2n) is 4.98. The van der Waals surface area contributed by atoms with Crippen molar-refractivity contribution in [3.63, 3.8) is 0 Å². The van der Waals surface area contributed by atoms with Crippen LogP contribution >= 0.6 is 11.6 Å². The summed E-state index contributed by atoms with van der Waals surface area (Å²) in [4.78, 5) is 28.8. The summed E-state index contributed by atoms with van der Waals surface area (Å²) >= 11 is 5.76. The van der Waals surface area contributed by atoms with Gasteiger partial charge < -0.3 is 9.64 Å². The number of esters is 1. The molecule has 0 bridgehead atoms. The van der Waals surface area contributed by atoms with Gasteiger partial charge in [-0.25, -0.2) is 18.2 Å². The van der Waals surface area contributed by atoms with Gasteiger partial charge in [-0.15, -0.1) is 0 Å². The number of hydrogen-bond donors (Lipinski definition) is 0. The Kier molecular flexibility index (Phi) is 5.02. The number of ether oxygens (including phenoxy) is 1. The summed E-state index contributed by atoms with van der Waals surface area (Å²) in [5, 5.41) is -0.00445. The second kappa shape index (κ2) is 6.62. The molecule has 1 atom stereocenters. The Balaban J connectivity index is 1.90. The highest BCUT2D eigenvalue weighted by Gasteiger charge is 2.33. The highest BCUT2D eigenvalue weighted by Crippen LogP contribution is 2.17. The minimum atomic E-state index is -3.08. The molecule has 1 aromatic heterocycles. The van der Waals surface area contributed by atoms with E-state index in [9.17, 15) is 18.0 Å². The Labute approximate surface area is 133 Å². The summed E-state index contributed by atoms with van der Waals surface area (Å²) in [6.07, 6.45) is 1.82. The van der Waals surface area contributed by atoms with E-state index < -0.39 is 28.3 Å². The lowest BCUT2D eigenvalue weighted by atomic mass is 10.2. The molecular weight excluding hydrogens is 332 g/mol. The fourth-order valence-electron chi connectivity index (χ4n) is 2.13. The lowest BCUT2D eigenvalue weighted by Crippen LogP contribution is -2.40. The Hall–Kier alpha value is -1.67. The van der Waals surface area contributed by atoms with E-state index in [0.717, 1.165) is 0 Å². The van der Waals surface area contributed by atoms with Crippen molar-refractivity contribution in [3.8, 4) is 0 Å². The van der Waals surface area contributed by atoms with Gasteiger partial charge in [0.1, 0.15) is 5.15 Å². The van der Waals surface area contributed by atoms with Gasteiger partial charge in [-0.3, -0.25) is 4.79 Å². The number of aromatic nitrogens is 1. The summed E-state index contributed by atoms with van der Waals surface area (Å²) in [7, 11) is -1.58. The summed E-state index contributed by atoms with van der Waals surface area (Å²) in [6, 6.07) is 2.59. The van der Waals surface area contributed by atoms with Crippen molar-refractivity contribution in [1.29, 1.82) is 0 Å². The summed E-state index contributed by atoms with van der Waals surface area (Å²) in [5.74, 6) is -1.20. The number of nitrogens with zero attached hydrogens (tertiary/aromatic N) is 2. The van der Waals surface area contributed by atoms with Gasteiger partial charge in [0.05, 0.1) is 17.1 Å². The van der Waals surface area contributed by atoms with Crippen LogP contribution in [0.3, 0.4) is 0 Å². The molecule has 1 unspecified atom stereocenters. The second-order valence-corrected chi connectivity index (χ2v) is 7.57. The first kappa shape index (κ1) is 16.7. The third kappa shape index (κ3) is 3.95. The first-order chi connectivity index (χ1) is 10.3. The van der Waals surface area contributed by atoms with Gasteiger partial charge in [-0.1, -0.05) is 11.6 Å². The molecule has 0 saturated carbocycles. The first-order valence-electron chi connectivity index (χ1n) is 6.54. The lowest BCUT2D eigenvalue weighted by Gasteiger charge is -2.23. The number of hydrogen-bond acceptors (Lipinski definition) is 6. The third-order valence-corrected chi connectivity index (χ3v) is 5.51. The fourth-order valence-corrected chi connectivity index (χ4v) is 4.10. The molecule has 120 valence electrons. The molecular formula is C13H15ClN2O5S. The first-order valence-corrected chi connectivity index (χ1v) is 8.74. The zero-order chi connectivity index (χ0) is 16.3. The van der Waals surface area contributed by atoms with Crippen molar-refractivity contribution < 1.29 is 22.7 Å². The Morgan fingerprint density at radius 3 is 2.82 bits per heavy atom. The van der Waals surface area contributed by atoms with Crippen LogP contribution in [0.25, 0.3) is 0 Å². The number of carbonyl (C=O) groups excluding carboxylic acids is 2. The SMILES string of the molecule is CN(C(=O)COC(=O)c1cccnc1Cl)C1CCS(=O)(=O)C1. The summed E-state index contributed by atoms with van der Waals surface area (Å²) < 4.78 is 27.7. The average molecular weight is 347 g/mol. The molecule has 1 aromatic rings. The van der Waals surface area contributed by atoms with Gasteiger partial charge in [0.2, 0.25) is 0 Å². The van der Waals surface area contributed by atoms with Crippen LogP contribution < -0.4 is 0 Å². The maximum Gasteiger partial charge on any atom is 0.341 e. The molecule has 1 aliphatic rings. The van der Waals surface area contributed by atoms with Gasteiger partial charge >= 0.3 is 5.97 Å². The van der Waals surface area contributed by atoms with E-state index >= 15 is 0 Å². The molecule has 9 heteroatoms. The molecule has 0 aromatic carbocycles. The maximum absolute atomic E-state index is 12.0. The van der Waals surface area contributed by atoms with Gasteiger partial charge in [0, 0.05) is 19.3 Å². The van der Waals surface area contributed by atoms with Gasteiger partial charge in [-0.2, -0.15) is 0 Å². The Morgan fingerprint density at radius 1 is 1.50 bits per heavy atom. The molecule has 7 nitrogen and oxygen atoms in total. The van der Waals surface area contributed by atoms with E-state index in [0.29, 0.717) is 6.42 Å². The molecule has 2 rings (SSSR count). The number of likely N-dealkylation sites (N-methyl/N-ethyl adjacent to an activating group) is 1. The van der Waals surface area contributed by atoms with Crippen molar-refractivity contribution in [2.75, 3.05) is 25.2 Å². The Bertz CT molecular complexity index is 691. The van der Waals surface area contributed by atoms with Crippen LogP contribution in [-0.4, -0.2) is 61.4 Å². The van der Waals surface area contributed by atoms with E-state index in [1.807, 2.05) is 0 Å². The molecule has 1 aliphatic heterocycles. The molecule has 0 spiro atoms. The molecule has 1 saturated heterocycles. The number of carbonyl (C=O) groups is 2. The molecule has 1 amide bonds. The summed E-state index contributed by atoms with van der Waals surface area (Å²) in [5.41, 5.74) is 0.0723. The van der Waals surface area contributed by atoms with Crippen LogP contribution in [0, 0.1) is 0 Å². The molecule has 1 fully saturated rings. The zero-order valence-electron chi connectivity index (χ0n) is 11.9. The van der Waals surface area contributed by atoms with Crippen LogP contribution in [0.2, 0.25) is 5.15 Å². The van der Waals surface area contributed by atoms with E-state index in [4.69, 9.17) is 16.3 Å². The van der Waals surface area contributed by atoms with Crippen LogP contribution in [0.1, 0.15) is 16.8 Å². The monoisotopic (exact) mass is 346 g/mol. The van der Waals surface area contributed by atoms with Gasteiger partial charge in [0.15, 0.2) is 16.4 Å².